The highest BCUT2D eigenvalue weighted by Gasteiger charge is 2.25. The van der Waals surface area contributed by atoms with Gasteiger partial charge in [-0.25, -0.2) is 8.78 Å². The van der Waals surface area contributed by atoms with Crippen LogP contribution in [0.3, 0.4) is 0 Å². The van der Waals surface area contributed by atoms with Gasteiger partial charge in [0.25, 0.3) is 6.43 Å². The highest BCUT2D eigenvalue weighted by atomic mass is 19.3. The Hall–Kier alpha value is -0.710. The van der Waals surface area contributed by atoms with Crippen molar-refractivity contribution >= 4 is 5.91 Å². The van der Waals surface area contributed by atoms with Gasteiger partial charge in [-0.15, -0.1) is 0 Å². The molecule has 16 heavy (non-hydrogen) atoms. The van der Waals surface area contributed by atoms with E-state index in [4.69, 9.17) is 5.73 Å². The average molecular weight is 234 g/mol. The first-order chi connectivity index (χ1) is 7.50. The number of nitrogens with two attached hydrogens (primary N) is 1. The van der Waals surface area contributed by atoms with E-state index in [0.29, 0.717) is 6.42 Å². The van der Waals surface area contributed by atoms with Crippen molar-refractivity contribution in [3.63, 3.8) is 0 Å². The first kappa shape index (κ1) is 13.4. The summed E-state index contributed by atoms with van der Waals surface area (Å²) in [5.41, 5.74) is 5.91. The van der Waals surface area contributed by atoms with Crippen molar-refractivity contribution in [1.82, 2.24) is 4.90 Å². The second kappa shape index (κ2) is 6.13. The zero-order valence-corrected chi connectivity index (χ0v) is 9.66. The molecule has 0 heterocycles. The van der Waals surface area contributed by atoms with Crippen molar-refractivity contribution in [3.05, 3.63) is 0 Å². The maximum absolute atomic E-state index is 12.1. The number of hydrogen-bond donors (Lipinski definition) is 1. The standard InChI is InChI=1S/C11H20F2N2O/c1-15(7-10(12)13)11(16)6-8-4-2-3-5-9(8)14/h8-10H,2-7,14H2,1H3. The topological polar surface area (TPSA) is 46.3 Å². The molecule has 0 radical (unpaired) electrons. The quantitative estimate of drug-likeness (QED) is 0.803. The van der Waals surface area contributed by atoms with Gasteiger partial charge in [-0.1, -0.05) is 12.8 Å². The number of halogens is 2. The summed E-state index contributed by atoms with van der Waals surface area (Å²) in [6.07, 6.45) is 1.92. The minimum Gasteiger partial charge on any atom is -0.340 e. The summed E-state index contributed by atoms with van der Waals surface area (Å²) in [5, 5.41) is 0. The van der Waals surface area contributed by atoms with Crippen LogP contribution in [-0.2, 0) is 4.79 Å². The van der Waals surface area contributed by atoms with Crippen LogP contribution in [0.5, 0.6) is 0 Å². The summed E-state index contributed by atoms with van der Waals surface area (Å²) in [6.45, 7) is -0.485. The Labute approximate surface area is 95.0 Å². The molecule has 1 rings (SSSR count). The van der Waals surface area contributed by atoms with Crippen molar-refractivity contribution in [2.45, 2.75) is 44.6 Å². The number of carbonyl (C=O) groups is 1. The van der Waals surface area contributed by atoms with Gasteiger partial charge in [0.1, 0.15) is 0 Å². The van der Waals surface area contributed by atoms with Crippen LogP contribution in [0.15, 0.2) is 0 Å². The molecule has 1 aliphatic carbocycles. The Morgan fingerprint density at radius 1 is 1.44 bits per heavy atom. The molecule has 0 aliphatic heterocycles. The molecule has 0 aromatic carbocycles. The van der Waals surface area contributed by atoms with Crippen LogP contribution in [0, 0.1) is 5.92 Å². The van der Waals surface area contributed by atoms with Crippen LogP contribution in [0.2, 0.25) is 0 Å². The van der Waals surface area contributed by atoms with E-state index in [1.807, 2.05) is 0 Å². The lowest BCUT2D eigenvalue weighted by molar-refractivity contribution is -0.133. The Kier molecular flexibility index (Phi) is 5.12. The van der Waals surface area contributed by atoms with Gasteiger partial charge in [-0.2, -0.15) is 0 Å². The molecule has 0 bridgehead atoms. The van der Waals surface area contributed by atoms with Gasteiger partial charge in [0.15, 0.2) is 0 Å². The lowest BCUT2D eigenvalue weighted by Gasteiger charge is -2.29. The first-order valence-corrected chi connectivity index (χ1v) is 5.78. The van der Waals surface area contributed by atoms with Crippen LogP contribution in [0.4, 0.5) is 8.78 Å². The molecule has 2 unspecified atom stereocenters. The molecular weight excluding hydrogens is 214 g/mol. The Balaban J connectivity index is 2.37. The third-order valence-corrected chi connectivity index (χ3v) is 3.24. The van der Waals surface area contributed by atoms with Gasteiger partial charge >= 0.3 is 0 Å². The molecule has 1 saturated carbocycles. The number of amides is 1. The fourth-order valence-corrected chi connectivity index (χ4v) is 2.18. The molecule has 3 nitrogen and oxygen atoms in total. The predicted molar refractivity (Wildman–Crippen MR) is 58.2 cm³/mol. The molecule has 94 valence electrons. The average Bonchev–Trinajstić information content (AvgIpc) is 2.20. The van der Waals surface area contributed by atoms with Gasteiger partial charge in [-0.05, 0) is 18.8 Å². The smallest absolute Gasteiger partial charge is 0.255 e. The minimum atomic E-state index is -2.46. The van der Waals surface area contributed by atoms with E-state index in [1.54, 1.807) is 0 Å². The lowest BCUT2D eigenvalue weighted by Crippen LogP contribution is -2.38. The van der Waals surface area contributed by atoms with Gasteiger partial charge < -0.3 is 10.6 Å². The summed E-state index contributed by atoms with van der Waals surface area (Å²) >= 11 is 0. The zero-order chi connectivity index (χ0) is 12.1. The fourth-order valence-electron chi connectivity index (χ4n) is 2.18. The molecule has 1 fully saturated rings. The highest BCUT2D eigenvalue weighted by molar-refractivity contribution is 5.76. The van der Waals surface area contributed by atoms with Crippen LogP contribution < -0.4 is 5.73 Å². The Morgan fingerprint density at radius 3 is 2.62 bits per heavy atom. The second-order valence-electron chi connectivity index (χ2n) is 4.58. The van der Waals surface area contributed by atoms with Crippen molar-refractivity contribution in [2.75, 3.05) is 13.6 Å². The van der Waals surface area contributed by atoms with E-state index in [1.165, 1.54) is 7.05 Å². The number of nitrogens with zero attached hydrogens (tertiary/aromatic N) is 1. The van der Waals surface area contributed by atoms with E-state index in [9.17, 15) is 13.6 Å². The largest absolute Gasteiger partial charge is 0.340 e. The van der Waals surface area contributed by atoms with Gasteiger partial charge in [0.05, 0.1) is 6.54 Å². The third-order valence-electron chi connectivity index (χ3n) is 3.24. The number of rotatable bonds is 4. The Bertz CT molecular complexity index is 236. The van der Waals surface area contributed by atoms with Crippen molar-refractivity contribution in [1.29, 1.82) is 0 Å². The molecule has 2 N–H and O–H groups in total. The van der Waals surface area contributed by atoms with E-state index in [-0.39, 0.29) is 17.9 Å². The van der Waals surface area contributed by atoms with Crippen LogP contribution in [0.1, 0.15) is 32.1 Å². The van der Waals surface area contributed by atoms with E-state index in [2.05, 4.69) is 0 Å². The first-order valence-electron chi connectivity index (χ1n) is 5.78. The predicted octanol–water partition coefficient (Wildman–Crippen LogP) is 1.62. The van der Waals surface area contributed by atoms with Crippen molar-refractivity contribution in [2.24, 2.45) is 11.7 Å². The van der Waals surface area contributed by atoms with E-state index < -0.39 is 13.0 Å². The SMILES string of the molecule is CN(CC(F)F)C(=O)CC1CCCCC1N. The minimum absolute atomic E-state index is 0.0534. The molecule has 0 aromatic rings. The van der Waals surface area contributed by atoms with Gasteiger partial charge in [0.2, 0.25) is 5.91 Å². The summed E-state index contributed by atoms with van der Waals surface area (Å²) in [5.74, 6) is -0.0518. The molecule has 0 spiro atoms. The normalized spacial score (nSPS) is 25.8. The molecule has 0 saturated heterocycles. The third kappa shape index (κ3) is 4.04. The molecule has 2 atom stereocenters. The number of hydrogen-bond acceptors (Lipinski definition) is 2. The molecular formula is C11H20F2N2O. The number of carbonyl (C=O) groups excluding carboxylic acids is 1. The van der Waals surface area contributed by atoms with E-state index >= 15 is 0 Å². The van der Waals surface area contributed by atoms with Crippen LogP contribution in [0.25, 0.3) is 0 Å². The molecule has 0 aromatic heterocycles. The summed E-state index contributed by atoms with van der Waals surface area (Å²) in [7, 11) is 1.42. The number of alkyl halides is 2. The summed E-state index contributed by atoms with van der Waals surface area (Å²) < 4.78 is 24.2. The summed E-state index contributed by atoms with van der Waals surface area (Å²) in [6, 6.07) is 0.0534. The molecule has 1 aliphatic rings. The van der Waals surface area contributed by atoms with Gasteiger partial charge in [-0.3, -0.25) is 4.79 Å². The maximum atomic E-state index is 12.1. The van der Waals surface area contributed by atoms with Crippen LogP contribution in [-0.4, -0.2) is 36.9 Å². The van der Waals surface area contributed by atoms with Crippen molar-refractivity contribution in [3.8, 4) is 0 Å². The van der Waals surface area contributed by atoms with Crippen LogP contribution >= 0.6 is 0 Å². The summed E-state index contributed by atoms with van der Waals surface area (Å²) in [4.78, 5) is 12.7. The molecule has 5 heteroatoms. The molecule has 1 amide bonds. The van der Waals surface area contributed by atoms with E-state index in [0.717, 1.165) is 30.6 Å². The fraction of sp³-hybridized carbons (Fsp3) is 0.909. The zero-order valence-electron chi connectivity index (χ0n) is 9.66. The maximum Gasteiger partial charge on any atom is 0.255 e. The monoisotopic (exact) mass is 234 g/mol. The van der Waals surface area contributed by atoms with Gasteiger partial charge in [0, 0.05) is 19.5 Å². The second-order valence-corrected chi connectivity index (χ2v) is 4.58. The highest BCUT2D eigenvalue weighted by Crippen LogP contribution is 2.26. The van der Waals surface area contributed by atoms with Crippen molar-refractivity contribution < 1.29 is 13.6 Å². The lowest BCUT2D eigenvalue weighted by atomic mass is 9.83. The Morgan fingerprint density at radius 2 is 2.06 bits per heavy atom.